The van der Waals surface area contributed by atoms with E-state index in [1.165, 1.54) is 0 Å². The highest BCUT2D eigenvalue weighted by Crippen LogP contribution is 2.41. The lowest BCUT2D eigenvalue weighted by Gasteiger charge is -2.30. The molecule has 0 aliphatic heterocycles. The molecular formula is C12H19F2N3S. The number of aromatic amines is 1. The molecule has 6 heteroatoms. The number of alkyl halides is 2. The first kappa shape index (κ1) is 13.6. The Morgan fingerprint density at radius 3 is 2.39 bits per heavy atom. The minimum atomic E-state index is -2.50. The van der Waals surface area contributed by atoms with E-state index in [0.717, 1.165) is 5.82 Å². The van der Waals surface area contributed by atoms with Gasteiger partial charge in [0.15, 0.2) is 4.77 Å². The van der Waals surface area contributed by atoms with Crippen molar-refractivity contribution < 1.29 is 8.78 Å². The van der Waals surface area contributed by atoms with Crippen molar-refractivity contribution in [2.45, 2.75) is 63.8 Å². The molecule has 18 heavy (non-hydrogen) atoms. The fourth-order valence-corrected chi connectivity index (χ4v) is 2.94. The maximum Gasteiger partial charge on any atom is 0.248 e. The van der Waals surface area contributed by atoms with Gasteiger partial charge in [-0.25, -0.2) is 8.78 Å². The van der Waals surface area contributed by atoms with Gasteiger partial charge in [0.05, 0.1) is 0 Å². The van der Waals surface area contributed by atoms with Crippen LogP contribution in [0.3, 0.4) is 0 Å². The summed E-state index contributed by atoms with van der Waals surface area (Å²) in [6.07, 6.45) is 0.842. The molecule has 1 fully saturated rings. The van der Waals surface area contributed by atoms with E-state index < -0.39 is 5.92 Å². The molecular weight excluding hydrogens is 256 g/mol. The number of halogens is 2. The molecule has 1 aliphatic carbocycles. The fourth-order valence-electron chi connectivity index (χ4n) is 2.53. The third-order valence-electron chi connectivity index (χ3n) is 3.45. The highest BCUT2D eigenvalue weighted by atomic mass is 32.1. The molecule has 3 nitrogen and oxygen atoms in total. The van der Waals surface area contributed by atoms with E-state index in [1.54, 1.807) is 0 Å². The van der Waals surface area contributed by atoms with Crippen molar-refractivity contribution in [2.24, 2.45) is 0 Å². The van der Waals surface area contributed by atoms with Gasteiger partial charge in [0, 0.05) is 24.3 Å². The maximum absolute atomic E-state index is 13.2. The summed E-state index contributed by atoms with van der Waals surface area (Å²) in [5, 5.41) is 7.04. The van der Waals surface area contributed by atoms with E-state index in [2.05, 4.69) is 10.2 Å². The minimum absolute atomic E-state index is 0.0541. The molecule has 1 aromatic rings. The van der Waals surface area contributed by atoms with Crippen molar-refractivity contribution in [2.75, 3.05) is 0 Å². The Hall–Kier alpha value is -0.780. The van der Waals surface area contributed by atoms with Crippen LogP contribution in [0.1, 0.15) is 58.2 Å². The van der Waals surface area contributed by atoms with E-state index in [1.807, 2.05) is 25.3 Å². The topological polar surface area (TPSA) is 33.6 Å². The van der Waals surface area contributed by atoms with Crippen LogP contribution in [0.2, 0.25) is 0 Å². The molecule has 0 unspecified atom stereocenters. The first-order valence-corrected chi connectivity index (χ1v) is 6.67. The van der Waals surface area contributed by atoms with Gasteiger partial charge in [0.25, 0.3) is 0 Å². The van der Waals surface area contributed by atoms with Crippen LogP contribution in [0.25, 0.3) is 0 Å². The Morgan fingerprint density at radius 2 is 1.89 bits per heavy atom. The van der Waals surface area contributed by atoms with E-state index in [4.69, 9.17) is 12.2 Å². The lowest BCUT2D eigenvalue weighted by molar-refractivity contribution is -0.0391. The van der Waals surface area contributed by atoms with Crippen LogP contribution in [0.15, 0.2) is 0 Å². The van der Waals surface area contributed by atoms with Gasteiger partial charge in [0.2, 0.25) is 5.92 Å². The Bertz CT molecular complexity index is 474. The second kappa shape index (κ2) is 4.40. The lowest BCUT2D eigenvalue weighted by Crippen LogP contribution is -2.29. The molecule has 1 aromatic heterocycles. The summed E-state index contributed by atoms with van der Waals surface area (Å²) in [5.74, 6) is -1.60. The molecule has 0 amide bonds. The summed E-state index contributed by atoms with van der Waals surface area (Å²) in [5.41, 5.74) is -0.181. The summed E-state index contributed by atoms with van der Waals surface area (Å²) in [6.45, 7) is 6.12. The highest BCUT2D eigenvalue weighted by Gasteiger charge is 2.37. The summed E-state index contributed by atoms with van der Waals surface area (Å²) in [6, 6.07) is 0. The van der Waals surface area contributed by atoms with E-state index in [-0.39, 0.29) is 24.3 Å². The molecule has 1 aliphatic rings. The second-order valence-electron chi connectivity index (χ2n) is 6.02. The van der Waals surface area contributed by atoms with Crippen molar-refractivity contribution in [3.05, 3.63) is 10.6 Å². The summed E-state index contributed by atoms with van der Waals surface area (Å²) >= 11 is 5.23. The molecule has 0 saturated heterocycles. The molecule has 1 heterocycles. The van der Waals surface area contributed by atoms with Crippen LogP contribution < -0.4 is 0 Å². The van der Waals surface area contributed by atoms with Crippen molar-refractivity contribution in [1.82, 2.24) is 14.8 Å². The van der Waals surface area contributed by atoms with Crippen LogP contribution in [0.5, 0.6) is 0 Å². The molecule has 102 valence electrons. The summed E-state index contributed by atoms with van der Waals surface area (Å²) in [7, 11) is 0. The van der Waals surface area contributed by atoms with Gasteiger partial charge >= 0.3 is 0 Å². The van der Waals surface area contributed by atoms with E-state index >= 15 is 0 Å². The zero-order valence-corrected chi connectivity index (χ0v) is 11.8. The van der Waals surface area contributed by atoms with Crippen molar-refractivity contribution >= 4 is 12.2 Å². The number of aromatic nitrogens is 3. The molecule has 0 atom stereocenters. The van der Waals surface area contributed by atoms with Crippen LogP contribution in [-0.2, 0) is 5.54 Å². The van der Waals surface area contributed by atoms with E-state index in [0.29, 0.717) is 17.6 Å². The van der Waals surface area contributed by atoms with Crippen molar-refractivity contribution in [3.63, 3.8) is 0 Å². The standard InChI is InChI=1S/C12H19F2N3S/c1-11(2,3)17-9(15-16-10(17)18)8-4-6-12(13,14)7-5-8/h8H,4-7H2,1-3H3,(H,16,18). The van der Waals surface area contributed by atoms with Gasteiger partial charge in [-0.3, -0.25) is 9.67 Å². The van der Waals surface area contributed by atoms with Crippen LogP contribution in [0, 0.1) is 4.77 Å². The quantitative estimate of drug-likeness (QED) is 0.786. The first-order valence-electron chi connectivity index (χ1n) is 6.26. The van der Waals surface area contributed by atoms with Gasteiger partial charge in [-0.1, -0.05) is 0 Å². The number of H-pyrrole nitrogens is 1. The Labute approximate surface area is 111 Å². The Balaban J connectivity index is 2.28. The van der Waals surface area contributed by atoms with Crippen LogP contribution in [0.4, 0.5) is 8.78 Å². The normalized spacial score (nSPS) is 21.2. The smallest absolute Gasteiger partial charge is 0.248 e. The first-order chi connectivity index (χ1) is 8.21. The number of hydrogen-bond acceptors (Lipinski definition) is 2. The summed E-state index contributed by atoms with van der Waals surface area (Å²) in [4.78, 5) is 0. The molecule has 0 aromatic carbocycles. The zero-order valence-electron chi connectivity index (χ0n) is 11.0. The molecule has 2 rings (SSSR count). The predicted molar refractivity (Wildman–Crippen MR) is 68.6 cm³/mol. The van der Waals surface area contributed by atoms with E-state index in [9.17, 15) is 8.78 Å². The number of rotatable bonds is 1. The molecule has 1 saturated carbocycles. The number of nitrogens with zero attached hydrogens (tertiary/aromatic N) is 2. The maximum atomic E-state index is 13.2. The molecule has 0 spiro atoms. The zero-order chi connectivity index (χ0) is 13.6. The highest BCUT2D eigenvalue weighted by molar-refractivity contribution is 7.71. The van der Waals surface area contributed by atoms with Gasteiger partial charge in [-0.05, 0) is 45.8 Å². The van der Waals surface area contributed by atoms with Gasteiger partial charge < -0.3 is 0 Å². The van der Waals surface area contributed by atoms with Crippen molar-refractivity contribution in [1.29, 1.82) is 0 Å². The average Bonchev–Trinajstić information content (AvgIpc) is 2.59. The lowest BCUT2D eigenvalue weighted by atomic mass is 9.86. The minimum Gasteiger partial charge on any atom is -0.299 e. The molecule has 1 N–H and O–H groups in total. The van der Waals surface area contributed by atoms with Crippen molar-refractivity contribution in [3.8, 4) is 0 Å². The summed E-state index contributed by atoms with van der Waals surface area (Å²) < 4.78 is 28.9. The largest absolute Gasteiger partial charge is 0.299 e. The van der Waals surface area contributed by atoms with Crippen LogP contribution in [-0.4, -0.2) is 20.7 Å². The van der Waals surface area contributed by atoms with Crippen LogP contribution >= 0.6 is 12.2 Å². The number of nitrogens with one attached hydrogen (secondary N) is 1. The Kier molecular flexibility index (Phi) is 3.34. The monoisotopic (exact) mass is 275 g/mol. The Morgan fingerprint density at radius 1 is 1.33 bits per heavy atom. The SMILES string of the molecule is CC(C)(C)n1c(C2CCC(F)(F)CC2)n[nH]c1=S. The van der Waals surface area contributed by atoms with Gasteiger partial charge in [0.1, 0.15) is 5.82 Å². The molecule has 0 bridgehead atoms. The third kappa shape index (κ3) is 2.63. The second-order valence-corrected chi connectivity index (χ2v) is 6.41. The van der Waals surface area contributed by atoms with Gasteiger partial charge in [-0.15, -0.1) is 0 Å². The fraction of sp³-hybridized carbons (Fsp3) is 0.833. The van der Waals surface area contributed by atoms with Gasteiger partial charge in [-0.2, -0.15) is 5.10 Å². The third-order valence-corrected chi connectivity index (χ3v) is 3.73. The number of hydrogen-bond donors (Lipinski definition) is 1. The average molecular weight is 275 g/mol. The predicted octanol–water partition coefficient (Wildman–Crippen LogP) is 3.99. The molecule has 0 radical (unpaired) electrons.